The summed E-state index contributed by atoms with van der Waals surface area (Å²) in [6.07, 6.45) is 2.91. The molecule has 0 aliphatic carbocycles. The molecular formula is C19H25N3O4. The van der Waals surface area contributed by atoms with Gasteiger partial charge in [-0.15, -0.1) is 0 Å². The van der Waals surface area contributed by atoms with Crippen LogP contribution in [-0.2, 0) is 9.53 Å². The number of carbonyl (C=O) groups is 3. The lowest BCUT2D eigenvalue weighted by atomic mass is 10.0. The molecule has 7 nitrogen and oxygen atoms in total. The van der Waals surface area contributed by atoms with Crippen LogP contribution in [0.5, 0.6) is 0 Å². The second-order valence-corrected chi connectivity index (χ2v) is 6.88. The van der Waals surface area contributed by atoms with Crippen molar-refractivity contribution in [1.82, 2.24) is 15.5 Å². The first-order valence-electron chi connectivity index (χ1n) is 9.07. The topological polar surface area (TPSA) is 87.7 Å². The molecule has 0 bridgehead atoms. The summed E-state index contributed by atoms with van der Waals surface area (Å²) in [6.45, 7) is 2.93. The third-order valence-corrected chi connectivity index (χ3v) is 5.03. The number of amides is 2. The SMILES string of the molecule is COC(=O)c1cccc(C(=O)NCC2CNC(C(=O)N3CCCC3)C2)c1. The van der Waals surface area contributed by atoms with Gasteiger partial charge < -0.3 is 20.3 Å². The number of methoxy groups -OCH3 is 1. The average molecular weight is 359 g/mol. The normalized spacial score (nSPS) is 22.3. The maximum absolute atomic E-state index is 12.4. The monoisotopic (exact) mass is 359 g/mol. The third kappa shape index (κ3) is 4.22. The highest BCUT2D eigenvalue weighted by molar-refractivity contribution is 5.97. The van der Waals surface area contributed by atoms with Gasteiger partial charge in [-0.3, -0.25) is 9.59 Å². The molecule has 140 valence electrons. The minimum absolute atomic E-state index is 0.141. The van der Waals surface area contributed by atoms with E-state index in [1.54, 1.807) is 18.2 Å². The van der Waals surface area contributed by atoms with Gasteiger partial charge in [0.1, 0.15) is 0 Å². The Kier molecular flexibility index (Phi) is 5.88. The van der Waals surface area contributed by atoms with Crippen molar-refractivity contribution in [2.75, 3.05) is 33.3 Å². The standard InChI is InChI=1S/C19H25N3O4/c1-26-19(25)15-6-4-5-14(10-15)17(23)21-12-13-9-16(20-11-13)18(24)22-7-2-3-8-22/h4-6,10,13,16,20H,2-3,7-9,11-12H2,1H3,(H,21,23). The summed E-state index contributed by atoms with van der Waals surface area (Å²) in [5.41, 5.74) is 0.766. The summed E-state index contributed by atoms with van der Waals surface area (Å²) in [4.78, 5) is 38.2. The van der Waals surface area contributed by atoms with Crippen molar-refractivity contribution in [2.24, 2.45) is 5.92 Å². The summed E-state index contributed by atoms with van der Waals surface area (Å²) in [5, 5.41) is 6.17. The van der Waals surface area contributed by atoms with Crippen molar-refractivity contribution in [3.05, 3.63) is 35.4 Å². The lowest BCUT2D eigenvalue weighted by molar-refractivity contribution is -0.132. The quantitative estimate of drug-likeness (QED) is 0.760. The Balaban J connectivity index is 1.49. The van der Waals surface area contributed by atoms with Crippen molar-refractivity contribution in [1.29, 1.82) is 0 Å². The number of hydrogen-bond acceptors (Lipinski definition) is 5. The number of benzene rings is 1. The fourth-order valence-corrected chi connectivity index (χ4v) is 3.55. The van der Waals surface area contributed by atoms with E-state index in [-0.39, 0.29) is 23.8 Å². The van der Waals surface area contributed by atoms with Crippen molar-refractivity contribution < 1.29 is 19.1 Å². The van der Waals surface area contributed by atoms with E-state index in [9.17, 15) is 14.4 Å². The van der Waals surface area contributed by atoms with Crippen LogP contribution in [0.2, 0.25) is 0 Å². The highest BCUT2D eigenvalue weighted by Crippen LogP contribution is 2.18. The summed E-state index contributed by atoms with van der Waals surface area (Å²) in [6, 6.07) is 6.31. The first-order chi connectivity index (χ1) is 12.6. The van der Waals surface area contributed by atoms with Crippen molar-refractivity contribution >= 4 is 17.8 Å². The molecule has 0 aromatic heterocycles. The molecule has 0 spiro atoms. The fraction of sp³-hybridized carbons (Fsp3) is 0.526. The van der Waals surface area contributed by atoms with E-state index in [0.717, 1.165) is 32.4 Å². The first-order valence-corrected chi connectivity index (χ1v) is 9.07. The van der Waals surface area contributed by atoms with Gasteiger partial charge in [-0.25, -0.2) is 4.79 Å². The Morgan fingerprint density at radius 3 is 2.69 bits per heavy atom. The van der Waals surface area contributed by atoms with Crippen LogP contribution in [0, 0.1) is 5.92 Å². The summed E-state index contributed by atoms with van der Waals surface area (Å²) in [5.74, 6) is -0.297. The van der Waals surface area contributed by atoms with Crippen LogP contribution in [0.15, 0.2) is 24.3 Å². The van der Waals surface area contributed by atoms with E-state index in [0.29, 0.717) is 24.2 Å². The maximum atomic E-state index is 12.4. The fourth-order valence-electron chi connectivity index (χ4n) is 3.55. The molecule has 2 N–H and O–H groups in total. The lowest BCUT2D eigenvalue weighted by Crippen LogP contribution is -2.42. The number of hydrogen-bond donors (Lipinski definition) is 2. The molecule has 2 aliphatic rings. The molecule has 7 heteroatoms. The van der Waals surface area contributed by atoms with Crippen molar-refractivity contribution in [3.8, 4) is 0 Å². The molecule has 0 saturated carbocycles. The molecule has 2 atom stereocenters. The van der Waals surface area contributed by atoms with Crippen LogP contribution in [-0.4, -0.2) is 62.0 Å². The summed E-state index contributed by atoms with van der Waals surface area (Å²) in [7, 11) is 1.31. The molecule has 26 heavy (non-hydrogen) atoms. The molecule has 1 aromatic carbocycles. The van der Waals surface area contributed by atoms with Gasteiger partial charge in [0.15, 0.2) is 0 Å². The van der Waals surface area contributed by atoms with Crippen LogP contribution in [0.25, 0.3) is 0 Å². The molecule has 2 amide bonds. The van der Waals surface area contributed by atoms with Crippen LogP contribution >= 0.6 is 0 Å². The van der Waals surface area contributed by atoms with Crippen LogP contribution < -0.4 is 10.6 Å². The molecule has 2 fully saturated rings. The van der Waals surface area contributed by atoms with Gasteiger partial charge in [0.25, 0.3) is 5.91 Å². The second kappa shape index (κ2) is 8.31. The minimum atomic E-state index is -0.470. The largest absolute Gasteiger partial charge is 0.465 e. The van der Waals surface area contributed by atoms with Gasteiger partial charge in [-0.1, -0.05) is 6.07 Å². The van der Waals surface area contributed by atoms with E-state index >= 15 is 0 Å². The highest BCUT2D eigenvalue weighted by Gasteiger charge is 2.33. The zero-order valence-corrected chi connectivity index (χ0v) is 15.0. The maximum Gasteiger partial charge on any atom is 0.337 e. The van der Waals surface area contributed by atoms with E-state index in [1.807, 2.05) is 4.90 Å². The zero-order valence-electron chi connectivity index (χ0n) is 15.0. The molecule has 1 aromatic rings. The minimum Gasteiger partial charge on any atom is -0.465 e. The molecule has 2 saturated heterocycles. The molecule has 3 rings (SSSR count). The van der Waals surface area contributed by atoms with Crippen LogP contribution in [0.4, 0.5) is 0 Å². The number of ether oxygens (including phenoxy) is 1. The van der Waals surface area contributed by atoms with Crippen LogP contribution in [0.3, 0.4) is 0 Å². The average Bonchev–Trinajstić information content (AvgIpc) is 3.37. The zero-order chi connectivity index (χ0) is 18.5. The van der Waals surface area contributed by atoms with E-state index in [4.69, 9.17) is 0 Å². The Morgan fingerprint density at radius 2 is 1.96 bits per heavy atom. The van der Waals surface area contributed by atoms with Gasteiger partial charge in [0, 0.05) is 31.7 Å². The number of carbonyl (C=O) groups excluding carboxylic acids is 3. The molecule has 2 aliphatic heterocycles. The number of nitrogens with zero attached hydrogens (tertiary/aromatic N) is 1. The smallest absolute Gasteiger partial charge is 0.337 e. The van der Waals surface area contributed by atoms with Crippen molar-refractivity contribution in [2.45, 2.75) is 25.3 Å². The molecule has 0 radical (unpaired) electrons. The van der Waals surface area contributed by atoms with E-state index in [2.05, 4.69) is 15.4 Å². The predicted octanol–water partition coefficient (Wildman–Crippen LogP) is 0.803. The number of esters is 1. The van der Waals surface area contributed by atoms with Gasteiger partial charge >= 0.3 is 5.97 Å². The van der Waals surface area contributed by atoms with Gasteiger partial charge in [-0.05, 0) is 43.4 Å². The number of nitrogens with one attached hydrogen (secondary N) is 2. The lowest BCUT2D eigenvalue weighted by Gasteiger charge is -2.20. The number of rotatable bonds is 5. The molecular weight excluding hydrogens is 334 g/mol. The Bertz CT molecular complexity index is 685. The first kappa shape index (κ1) is 18.4. The van der Waals surface area contributed by atoms with Crippen LogP contribution in [0.1, 0.15) is 40.0 Å². The van der Waals surface area contributed by atoms with E-state index < -0.39 is 5.97 Å². The Morgan fingerprint density at radius 1 is 1.23 bits per heavy atom. The molecule has 2 unspecified atom stereocenters. The summed E-state index contributed by atoms with van der Waals surface area (Å²) >= 11 is 0. The Labute approximate surface area is 153 Å². The van der Waals surface area contributed by atoms with Gasteiger partial charge in [0.2, 0.25) is 5.91 Å². The Hall–Kier alpha value is -2.41. The van der Waals surface area contributed by atoms with Crippen molar-refractivity contribution in [3.63, 3.8) is 0 Å². The molecule has 2 heterocycles. The third-order valence-electron chi connectivity index (χ3n) is 5.03. The number of likely N-dealkylation sites (tertiary alicyclic amines) is 1. The van der Waals surface area contributed by atoms with E-state index in [1.165, 1.54) is 13.2 Å². The van der Waals surface area contributed by atoms with Gasteiger partial charge in [0.05, 0.1) is 18.7 Å². The highest BCUT2D eigenvalue weighted by atomic mass is 16.5. The van der Waals surface area contributed by atoms with Gasteiger partial charge in [-0.2, -0.15) is 0 Å². The second-order valence-electron chi connectivity index (χ2n) is 6.88. The predicted molar refractivity (Wildman–Crippen MR) is 95.8 cm³/mol. The summed E-state index contributed by atoms with van der Waals surface area (Å²) < 4.78 is 4.67.